The van der Waals surface area contributed by atoms with E-state index in [2.05, 4.69) is 78.8 Å². The second-order valence-corrected chi connectivity index (χ2v) is 10.0. The van der Waals surface area contributed by atoms with Crippen molar-refractivity contribution in [1.29, 1.82) is 0 Å². The lowest BCUT2D eigenvalue weighted by molar-refractivity contribution is 0.137. The molecule has 1 aliphatic rings. The van der Waals surface area contributed by atoms with Crippen molar-refractivity contribution in [3.63, 3.8) is 0 Å². The summed E-state index contributed by atoms with van der Waals surface area (Å²) in [6.45, 7) is 9.38. The van der Waals surface area contributed by atoms with Crippen LogP contribution in [0.15, 0.2) is 72.8 Å². The number of benzene rings is 3. The van der Waals surface area contributed by atoms with Crippen LogP contribution >= 0.6 is 0 Å². The van der Waals surface area contributed by atoms with Crippen LogP contribution in [0.4, 0.5) is 4.39 Å². The van der Waals surface area contributed by atoms with Gasteiger partial charge in [0.1, 0.15) is 11.6 Å². The summed E-state index contributed by atoms with van der Waals surface area (Å²) in [6, 6.07) is 24.8. The van der Waals surface area contributed by atoms with Crippen LogP contribution in [0.5, 0.6) is 0 Å². The van der Waals surface area contributed by atoms with E-state index in [0.29, 0.717) is 6.04 Å². The highest BCUT2D eigenvalue weighted by atomic mass is 19.1. The van der Waals surface area contributed by atoms with Gasteiger partial charge in [-0.15, -0.1) is 0 Å². The molecule has 1 aliphatic heterocycles. The zero-order chi connectivity index (χ0) is 25.8. The van der Waals surface area contributed by atoms with Gasteiger partial charge < -0.3 is 4.57 Å². The van der Waals surface area contributed by atoms with Gasteiger partial charge in [0.15, 0.2) is 0 Å². The van der Waals surface area contributed by atoms with Crippen molar-refractivity contribution >= 4 is 0 Å². The zero-order valence-corrected chi connectivity index (χ0v) is 22.4. The lowest BCUT2D eigenvalue weighted by Gasteiger charge is -2.36. The molecular weight excluding hydrogens is 457 g/mol. The standard InChI is InChI=1S/C33H38FN3/c1-4-24-15-12-16-25(5-2)31(24)33-35-32(27-18-20-28(34)21-19-27)30(37(33)6-3)23-36-22-11-10-17-29(36)26-13-8-7-9-14-26/h7-9,12-16,18-21,29H,4-6,10-11,17,22-23H2,1-3H3. The van der Waals surface area contributed by atoms with Crippen LogP contribution in [-0.2, 0) is 25.9 Å². The van der Waals surface area contributed by atoms with Crippen molar-refractivity contribution in [2.75, 3.05) is 6.54 Å². The van der Waals surface area contributed by atoms with E-state index < -0.39 is 0 Å². The van der Waals surface area contributed by atoms with E-state index in [9.17, 15) is 4.39 Å². The number of imidazole rings is 1. The molecule has 1 aromatic heterocycles. The molecule has 3 nitrogen and oxygen atoms in total. The van der Waals surface area contributed by atoms with E-state index in [4.69, 9.17) is 4.98 Å². The van der Waals surface area contributed by atoms with Gasteiger partial charge in [-0.2, -0.15) is 0 Å². The number of halogens is 1. The molecule has 0 aliphatic carbocycles. The first kappa shape index (κ1) is 25.4. The SMILES string of the molecule is CCc1cccc(CC)c1-c1nc(-c2ccc(F)cc2)c(CN2CCCCC2c2ccccc2)n1CC. The summed E-state index contributed by atoms with van der Waals surface area (Å²) in [5, 5.41) is 0. The first-order valence-electron chi connectivity index (χ1n) is 13.9. The number of hydrogen-bond donors (Lipinski definition) is 0. The van der Waals surface area contributed by atoms with Crippen molar-refractivity contribution in [3.8, 4) is 22.6 Å². The molecule has 4 heteroatoms. The fourth-order valence-electron chi connectivity index (χ4n) is 5.97. The Morgan fingerprint density at radius 1 is 0.838 bits per heavy atom. The molecule has 4 aromatic rings. The zero-order valence-electron chi connectivity index (χ0n) is 22.4. The fraction of sp³-hybridized carbons (Fsp3) is 0.364. The van der Waals surface area contributed by atoms with Crippen molar-refractivity contribution in [2.45, 2.75) is 72.0 Å². The van der Waals surface area contributed by atoms with Crippen LogP contribution in [0.25, 0.3) is 22.6 Å². The predicted molar refractivity (Wildman–Crippen MR) is 151 cm³/mol. The number of likely N-dealkylation sites (tertiary alicyclic amines) is 1. The molecule has 0 saturated carbocycles. The number of nitrogens with zero attached hydrogens (tertiary/aromatic N) is 3. The maximum Gasteiger partial charge on any atom is 0.141 e. The molecule has 2 heterocycles. The van der Waals surface area contributed by atoms with Gasteiger partial charge >= 0.3 is 0 Å². The van der Waals surface area contributed by atoms with Crippen LogP contribution in [0.3, 0.4) is 0 Å². The number of aryl methyl sites for hydroxylation is 2. The Bertz CT molecular complexity index is 1300. The third-order valence-electron chi connectivity index (χ3n) is 7.88. The van der Waals surface area contributed by atoms with Crippen LogP contribution in [0.1, 0.15) is 68.5 Å². The maximum atomic E-state index is 13.9. The average molecular weight is 496 g/mol. The Morgan fingerprint density at radius 3 is 2.19 bits per heavy atom. The Kier molecular flexibility index (Phi) is 7.85. The summed E-state index contributed by atoms with van der Waals surface area (Å²) in [4.78, 5) is 7.98. The Morgan fingerprint density at radius 2 is 1.54 bits per heavy atom. The quantitative estimate of drug-likeness (QED) is 0.245. The van der Waals surface area contributed by atoms with Gasteiger partial charge in [-0.3, -0.25) is 4.90 Å². The van der Waals surface area contributed by atoms with Crippen LogP contribution in [-0.4, -0.2) is 21.0 Å². The molecule has 1 unspecified atom stereocenters. The molecule has 0 bridgehead atoms. The molecule has 192 valence electrons. The molecule has 0 spiro atoms. The van der Waals surface area contributed by atoms with Crippen molar-refractivity contribution < 1.29 is 4.39 Å². The van der Waals surface area contributed by atoms with E-state index in [0.717, 1.165) is 49.6 Å². The molecule has 1 atom stereocenters. The molecule has 37 heavy (non-hydrogen) atoms. The molecule has 1 saturated heterocycles. The first-order valence-corrected chi connectivity index (χ1v) is 13.9. The lowest BCUT2D eigenvalue weighted by atomic mass is 9.95. The molecule has 5 rings (SSSR count). The molecule has 0 N–H and O–H groups in total. The number of piperidine rings is 1. The summed E-state index contributed by atoms with van der Waals surface area (Å²) in [6.07, 6.45) is 5.55. The van der Waals surface area contributed by atoms with Gasteiger partial charge in [0, 0.05) is 30.3 Å². The monoisotopic (exact) mass is 495 g/mol. The molecule has 3 aromatic carbocycles. The summed E-state index contributed by atoms with van der Waals surface area (Å²) in [7, 11) is 0. The highest BCUT2D eigenvalue weighted by Gasteiger charge is 2.28. The number of rotatable bonds is 8. The minimum absolute atomic E-state index is 0.217. The van der Waals surface area contributed by atoms with E-state index >= 15 is 0 Å². The molecule has 0 radical (unpaired) electrons. The Balaban J connectivity index is 1.67. The topological polar surface area (TPSA) is 21.1 Å². The van der Waals surface area contributed by atoms with Crippen molar-refractivity contribution in [3.05, 3.63) is 101 Å². The third kappa shape index (κ3) is 5.13. The van der Waals surface area contributed by atoms with E-state index in [1.807, 2.05) is 12.1 Å². The minimum atomic E-state index is -0.217. The van der Waals surface area contributed by atoms with Gasteiger partial charge in [-0.05, 0) is 80.1 Å². The van der Waals surface area contributed by atoms with Crippen molar-refractivity contribution in [2.24, 2.45) is 0 Å². The molecule has 0 amide bonds. The van der Waals surface area contributed by atoms with Crippen LogP contribution in [0.2, 0.25) is 0 Å². The minimum Gasteiger partial charge on any atom is -0.327 e. The van der Waals surface area contributed by atoms with Crippen LogP contribution in [0, 0.1) is 5.82 Å². The van der Waals surface area contributed by atoms with E-state index in [1.165, 1.54) is 47.2 Å². The maximum absolute atomic E-state index is 13.9. The number of hydrogen-bond acceptors (Lipinski definition) is 2. The fourth-order valence-corrected chi connectivity index (χ4v) is 5.97. The smallest absolute Gasteiger partial charge is 0.141 e. The summed E-state index contributed by atoms with van der Waals surface area (Å²) in [5.74, 6) is 0.824. The summed E-state index contributed by atoms with van der Waals surface area (Å²) in [5.41, 5.74) is 8.49. The van der Waals surface area contributed by atoms with Gasteiger partial charge in [-0.25, -0.2) is 9.37 Å². The molecule has 1 fully saturated rings. The predicted octanol–water partition coefficient (Wildman–Crippen LogP) is 8.23. The van der Waals surface area contributed by atoms with E-state index in [-0.39, 0.29) is 5.82 Å². The molecular formula is C33H38FN3. The van der Waals surface area contributed by atoms with Gasteiger partial charge in [0.25, 0.3) is 0 Å². The first-order chi connectivity index (χ1) is 18.1. The summed E-state index contributed by atoms with van der Waals surface area (Å²) < 4.78 is 16.3. The highest BCUT2D eigenvalue weighted by molar-refractivity contribution is 5.72. The van der Waals surface area contributed by atoms with Crippen molar-refractivity contribution in [1.82, 2.24) is 14.5 Å². The second kappa shape index (κ2) is 11.4. The third-order valence-corrected chi connectivity index (χ3v) is 7.88. The highest BCUT2D eigenvalue weighted by Crippen LogP contribution is 2.37. The second-order valence-electron chi connectivity index (χ2n) is 10.0. The lowest BCUT2D eigenvalue weighted by Crippen LogP contribution is -2.33. The Hall–Kier alpha value is -3.24. The van der Waals surface area contributed by atoms with E-state index in [1.54, 1.807) is 12.1 Å². The summed E-state index contributed by atoms with van der Waals surface area (Å²) >= 11 is 0. The van der Waals surface area contributed by atoms with Crippen LogP contribution < -0.4 is 0 Å². The van der Waals surface area contributed by atoms with Gasteiger partial charge in [-0.1, -0.05) is 68.8 Å². The normalized spacial score (nSPS) is 16.3. The van der Waals surface area contributed by atoms with Gasteiger partial charge in [0.05, 0.1) is 11.4 Å². The average Bonchev–Trinajstić information content (AvgIpc) is 3.31. The van der Waals surface area contributed by atoms with Gasteiger partial charge in [0.2, 0.25) is 0 Å². The number of aromatic nitrogens is 2. The Labute approximate surface area is 221 Å². The largest absolute Gasteiger partial charge is 0.327 e.